The zero-order valence-corrected chi connectivity index (χ0v) is 10.0. The van der Waals surface area contributed by atoms with Crippen LogP contribution in [0.3, 0.4) is 0 Å². The molecule has 0 heterocycles. The molecule has 1 aromatic carbocycles. The Labute approximate surface area is 109 Å². The first-order chi connectivity index (χ1) is 9.36. The lowest BCUT2D eigenvalue weighted by atomic mass is 10.0. The van der Waals surface area contributed by atoms with Crippen molar-refractivity contribution in [2.24, 2.45) is 0 Å². The number of rotatable bonds is 5. The van der Waals surface area contributed by atoms with Crippen LogP contribution in [-0.4, -0.2) is 24.9 Å². The molecule has 0 aliphatic carbocycles. The van der Waals surface area contributed by atoms with Crippen molar-refractivity contribution in [3.05, 3.63) is 40.2 Å². The quantitative estimate of drug-likeness (QED) is 0.209. The van der Waals surface area contributed by atoms with Gasteiger partial charge in [-0.1, -0.05) is 0 Å². The molecule has 0 saturated carbocycles. The second-order valence-electron chi connectivity index (χ2n) is 3.49. The number of benzene rings is 1. The van der Waals surface area contributed by atoms with Crippen LogP contribution < -0.4 is 0 Å². The summed E-state index contributed by atoms with van der Waals surface area (Å²) in [4.78, 5) is 22.1. The summed E-state index contributed by atoms with van der Waals surface area (Å²) in [5, 5.41) is 0. The molecule has 3 nitrogen and oxygen atoms in total. The van der Waals surface area contributed by atoms with Gasteiger partial charge in [0.25, 0.3) is 0 Å². The van der Waals surface area contributed by atoms with Crippen molar-refractivity contribution in [1.29, 1.82) is 0 Å². The molecule has 0 aliphatic rings. The van der Waals surface area contributed by atoms with Gasteiger partial charge in [-0.3, -0.25) is 4.79 Å². The molecule has 1 aromatic rings. The minimum absolute atomic E-state index is 0.0650. The topological polar surface area (TPSA) is 43.4 Å². The Morgan fingerprint density at radius 1 is 1.00 bits per heavy atom. The van der Waals surface area contributed by atoms with Crippen LogP contribution in [0.5, 0.6) is 0 Å². The van der Waals surface area contributed by atoms with Gasteiger partial charge in [0.05, 0.1) is 6.61 Å². The van der Waals surface area contributed by atoms with E-state index in [0.717, 1.165) is 5.94 Å². The highest BCUT2D eigenvalue weighted by atomic mass is 19.2. The van der Waals surface area contributed by atoms with Crippen LogP contribution in [-0.2, 0) is 9.53 Å². The zero-order valence-electron chi connectivity index (χ0n) is 10.0. The Morgan fingerprint density at radius 3 is 1.85 bits per heavy atom. The van der Waals surface area contributed by atoms with Gasteiger partial charge < -0.3 is 4.74 Å². The summed E-state index contributed by atoms with van der Waals surface area (Å²) < 4.78 is 70.0. The molecular formula is C12H7F5O3. The second kappa shape index (κ2) is 6.40. The molecule has 108 valence electrons. The fourth-order valence-corrected chi connectivity index (χ4v) is 1.30. The van der Waals surface area contributed by atoms with Gasteiger partial charge in [0.15, 0.2) is 23.3 Å². The molecule has 0 aliphatic heterocycles. The number of carbonyl (C=O) groups excluding carboxylic acids is 2. The highest BCUT2D eigenvalue weighted by Crippen LogP contribution is 2.24. The van der Waals surface area contributed by atoms with E-state index in [1.54, 1.807) is 0 Å². The Morgan fingerprint density at radius 2 is 1.45 bits per heavy atom. The van der Waals surface area contributed by atoms with E-state index in [0.29, 0.717) is 0 Å². The molecule has 0 saturated heterocycles. The SMILES string of the molecule is CCOCC(=C=O)C(=O)c1c(F)c(F)c(F)c(F)c1F. The predicted molar refractivity (Wildman–Crippen MR) is 56.3 cm³/mol. The minimum Gasteiger partial charge on any atom is -0.376 e. The molecule has 8 heteroatoms. The largest absolute Gasteiger partial charge is 0.376 e. The van der Waals surface area contributed by atoms with E-state index in [1.165, 1.54) is 6.92 Å². The van der Waals surface area contributed by atoms with Crippen molar-refractivity contribution < 1.29 is 36.3 Å². The van der Waals surface area contributed by atoms with Crippen molar-refractivity contribution in [2.75, 3.05) is 13.2 Å². The Kier molecular flexibility index (Phi) is 5.12. The Bertz CT molecular complexity index is 577. The van der Waals surface area contributed by atoms with Crippen LogP contribution in [0.15, 0.2) is 5.57 Å². The monoisotopic (exact) mass is 294 g/mol. The molecular weight excluding hydrogens is 287 g/mol. The van der Waals surface area contributed by atoms with Crippen LogP contribution in [0.4, 0.5) is 22.0 Å². The maximum absolute atomic E-state index is 13.3. The van der Waals surface area contributed by atoms with Crippen molar-refractivity contribution in [3.63, 3.8) is 0 Å². The molecule has 0 radical (unpaired) electrons. The van der Waals surface area contributed by atoms with Gasteiger partial charge in [-0.25, -0.2) is 26.7 Å². The van der Waals surface area contributed by atoms with Crippen molar-refractivity contribution in [3.8, 4) is 0 Å². The molecule has 0 amide bonds. The summed E-state index contributed by atoms with van der Waals surface area (Å²) in [7, 11) is 0. The number of hydrogen-bond acceptors (Lipinski definition) is 3. The van der Waals surface area contributed by atoms with Crippen LogP contribution in [0.2, 0.25) is 0 Å². The third kappa shape index (κ3) is 2.76. The smallest absolute Gasteiger partial charge is 0.208 e. The van der Waals surface area contributed by atoms with Crippen LogP contribution in [0.25, 0.3) is 0 Å². The summed E-state index contributed by atoms with van der Waals surface area (Å²) in [6, 6.07) is 0. The minimum atomic E-state index is -2.39. The van der Waals surface area contributed by atoms with E-state index in [4.69, 9.17) is 0 Å². The summed E-state index contributed by atoms with van der Waals surface area (Å²) in [6.07, 6.45) is 0. The molecule has 0 bridgehead atoms. The summed E-state index contributed by atoms with van der Waals surface area (Å²) >= 11 is 0. The number of Topliss-reactive ketones (excluding diaryl/α,β-unsaturated/α-hetero) is 1. The first-order valence-electron chi connectivity index (χ1n) is 5.24. The van der Waals surface area contributed by atoms with Crippen molar-refractivity contribution in [2.45, 2.75) is 6.92 Å². The average Bonchev–Trinajstić information content (AvgIpc) is 2.44. The van der Waals surface area contributed by atoms with Crippen molar-refractivity contribution >= 4 is 11.7 Å². The van der Waals surface area contributed by atoms with Gasteiger partial charge in [-0.15, -0.1) is 0 Å². The van der Waals surface area contributed by atoms with Crippen LogP contribution in [0, 0.1) is 29.1 Å². The van der Waals surface area contributed by atoms with E-state index < -0.39 is 52.6 Å². The molecule has 0 spiro atoms. The molecule has 20 heavy (non-hydrogen) atoms. The fraction of sp³-hybridized carbons (Fsp3) is 0.250. The lowest BCUT2D eigenvalue weighted by molar-refractivity contribution is 0.0982. The van der Waals surface area contributed by atoms with E-state index in [2.05, 4.69) is 4.74 Å². The van der Waals surface area contributed by atoms with E-state index in [-0.39, 0.29) is 6.61 Å². The third-order valence-corrected chi connectivity index (χ3v) is 2.28. The van der Waals surface area contributed by atoms with Gasteiger partial charge in [-0.2, -0.15) is 0 Å². The second-order valence-corrected chi connectivity index (χ2v) is 3.49. The van der Waals surface area contributed by atoms with Gasteiger partial charge in [0, 0.05) is 6.61 Å². The van der Waals surface area contributed by atoms with Crippen LogP contribution in [0.1, 0.15) is 17.3 Å². The zero-order chi connectivity index (χ0) is 15.4. The highest BCUT2D eigenvalue weighted by Gasteiger charge is 2.31. The molecule has 0 fully saturated rings. The maximum Gasteiger partial charge on any atom is 0.208 e. The number of hydrogen-bond donors (Lipinski definition) is 0. The summed E-state index contributed by atoms with van der Waals surface area (Å²) in [5.41, 5.74) is -2.59. The number of carbonyl (C=O) groups is 1. The number of ether oxygens (including phenoxy) is 1. The molecule has 1 rings (SSSR count). The predicted octanol–water partition coefficient (Wildman–Crippen LogP) is 2.36. The van der Waals surface area contributed by atoms with Crippen molar-refractivity contribution in [1.82, 2.24) is 0 Å². The molecule has 0 N–H and O–H groups in total. The lowest BCUT2D eigenvalue weighted by Crippen LogP contribution is -2.17. The van der Waals surface area contributed by atoms with Crippen LogP contribution >= 0.6 is 0 Å². The summed E-state index contributed by atoms with van der Waals surface area (Å²) in [6.45, 7) is 0.916. The van der Waals surface area contributed by atoms with Gasteiger partial charge in [0.1, 0.15) is 17.1 Å². The third-order valence-electron chi connectivity index (χ3n) is 2.28. The normalized spacial score (nSPS) is 10.3. The molecule has 0 aromatic heterocycles. The average molecular weight is 294 g/mol. The van der Waals surface area contributed by atoms with E-state index >= 15 is 0 Å². The molecule has 0 atom stereocenters. The maximum atomic E-state index is 13.3. The summed E-state index contributed by atoms with van der Waals surface area (Å²) in [5.74, 6) is -12.2. The van der Waals surface area contributed by atoms with Gasteiger partial charge >= 0.3 is 0 Å². The number of ketones is 1. The standard InChI is InChI=1S/C12H7F5O3/c1-2-20-4-5(3-18)12(19)6-7(13)9(15)11(17)10(16)8(6)14/h2,4H2,1H3. The number of halogens is 5. The van der Waals surface area contributed by atoms with Gasteiger partial charge in [0.2, 0.25) is 11.6 Å². The fourth-order valence-electron chi connectivity index (χ4n) is 1.30. The lowest BCUT2D eigenvalue weighted by Gasteiger charge is -2.08. The van der Waals surface area contributed by atoms with Gasteiger partial charge in [-0.05, 0) is 6.92 Å². The van der Waals surface area contributed by atoms with E-state index in [9.17, 15) is 31.5 Å². The Balaban J connectivity index is 3.40. The first-order valence-corrected chi connectivity index (χ1v) is 5.24. The molecule has 0 unspecified atom stereocenters. The Hall–Kier alpha value is -2.05. The van der Waals surface area contributed by atoms with E-state index in [1.807, 2.05) is 0 Å². The first kappa shape index (κ1) is 16.0. The highest BCUT2D eigenvalue weighted by molar-refractivity contribution is 6.13.